The van der Waals surface area contributed by atoms with Gasteiger partial charge in [-0.1, -0.05) is 42.5 Å². The Morgan fingerprint density at radius 3 is 2.67 bits per heavy atom. The molecule has 0 spiro atoms. The van der Waals surface area contributed by atoms with E-state index in [1.807, 2.05) is 13.0 Å². The number of benzene rings is 2. The summed E-state index contributed by atoms with van der Waals surface area (Å²) in [7, 11) is 0. The van der Waals surface area contributed by atoms with Crippen molar-refractivity contribution in [3.05, 3.63) is 83.7 Å². The Hall–Kier alpha value is -3.08. The summed E-state index contributed by atoms with van der Waals surface area (Å²) in [6, 6.07) is 18.6. The first kappa shape index (κ1) is 17.3. The highest BCUT2D eigenvalue weighted by Gasteiger charge is 2.18. The zero-order chi connectivity index (χ0) is 18.6. The molecule has 5 nitrogen and oxygen atoms in total. The average molecular weight is 360 g/mol. The predicted octanol–water partition coefficient (Wildman–Crippen LogP) is 3.32. The van der Waals surface area contributed by atoms with Crippen molar-refractivity contribution >= 4 is 11.6 Å². The van der Waals surface area contributed by atoms with E-state index < -0.39 is 0 Å². The average Bonchev–Trinajstić information content (AvgIpc) is 3.37. The van der Waals surface area contributed by atoms with Crippen LogP contribution in [0.5, 0.6) is 0 Å². The number of nitrogens with one attached hydrogen (secondary N) is 1. The van der Waals surface area contributed by atoms with Gasteiger partial charge < -0.3 is 10.2 Å². The fourth-order valence-corrected chi connectivity index (χ4v) is 3.52. The fraction of sp³-hybridized carbons (Fsp3) is 0.273. The van der Waals surface area contributed by atoms with Crippen molar-refractivity contribution in [3.8, 4) is 0 Å². The Kier molecular flexibility index (Phi) is 4.92. The van der Waals surface area contributed by atoms with E-state index >= 15 is 0 Å². The molecule has 2 heterocycles. The van der Waals surface area contributed by atoms with Crippen molar-refractivity contribution < 1.29 is 4.79 Å². The molecule has 1 aliphatic heterocycles. The monoisotopic (exact) mass is 360 g/mol. The lowest BCUT2D eigenvalue weighted by Gasteiger charge is -2.19. The SMILES string of the molecule is C[C@@H](C(=O)NCc1ccc(CN2CCc3ccccc32)cc1)n1cccn1. The summed E-state index contributed by atoms with van der Waals surface area (Å²) in [5, 5.41) is 7.10. The minimum absolute atomic E-state index is 0.0311. The molecule has 4 rings (SSSR count). The summed E-state index contributed by atoms with van der Waals surface area (Å²) in [6.07, 6.45) is 4.60. The van der Waals surface area contributed by atoms with Gasteiger partial charge in [0.05, 0.1) is 0 Å². The maximum atomic E-state index is 12.3. The highest BCUT2D eigenvalue weighted by molar-refractivity contribution is 5.79. The molecule has 1 N–H and O–H groups in total. The molecule has 3 aromatic rings. The van der Waals surface area contributed by atoms with Crippen molar-refractivity contribution in [3.63, 3.8) is 0 Å². The molecule has 0 saturated carbocycles. The maximum absolute atomic E-state index is 12.3. The molecule has 1 amide bonds. The number of anilines is 1. The van der Waals surface area contributed by atoms with E-state index in [-0.39, 0.29) is 11.9 Å². The van der Waals surface area contributed by atoms with Gasteiger partial charge in [-0.15, -0.1) is 0 Å². The number of rotatable bonds is 6. The summed E-state index contributed by atoms with van der Waals surface area (Å²) in [6.45, 7) is 4.36. The van der Waals surface area contributed by atoms with Gasteiger partial charge in [0.1, 0.15) is 6.04 Å². The third-order valence-corrected chi connectivity index (χ3v) is 5.15. The number of para-hydroxylation sites is 1. The Morgan fingerprint density at radius 1 is 1.11 bits per heavy atom. The molecule has 1 aromatic heterocycles. The van der Waals surface area contributed by atoms with Crippen LogP contribution < -0.4 is 10.2 Å². The molecule has 0 radical (unpaired) electrons. The summed E-state index contributed by atoms with van der Waals surface area (Å²) in [4.78, 5) is 14.7. The third kappa shape index (κ3) is 3.87. The molecule has 2 aromatic carbocycles. The van der Waals surface area contributed by atoms with Crippen LogP contribution in [-0.2, 0) is 24.3 Å². The molecule has 1 aliphatic rings. The van der Waals surface area contributed by atoms with E-state index in [0.29, 0.717) is 6.54 Å². The van der Waals surface area contributed by atoms with Crippen LogP contribution in [0.2, 0.25) is 0 Å². The van der Waals surface area contributed by atoms with Crippen LogP contribution in [0.15, 0.2) is 67.0 Å². The number of hydrogen-bond acceptors (Lipinski definition) is 3. The van der Waals surface area contributed by atoms with E-state index in [9.17, 15) is 4.79 Å². The minimum Gasteiger partial charge on any atom is -0.367 e. The van der Waals surface area contributed by atoms with Gasteiger partial charge in [0.15, 0.2) is 0 Å². The minimum atomic E-state index is -0.311. The summed E-state index contributed by atoms with van der Waals surface area (Å²) >= 11 is 0. The van der Waals surface area contributed by atoms with Crippen LogP contribution in [0.25, 0.3) is 0 Å². The van der Waals surface area contributed by atoms with E-state index in [4.69, 9.17) is 0 Å². The van der Waals surface area contributed by atoms with Gasteiger partial charge in [0, 0.05) is 37.7 Å². The van der Waals surface area contributed by atoms with Crippen LogP contribution in [0.4, 0.5) is 5.69 Å². The standard InChI is InChI=1S/C22H24N4O/c1-17(26-13-4-12-24-26)22(27)23-15-18-7-9-19(10-8-18)16-25-14-11-20-5-2-3-6-21(20)25/h2-10,12-13,17H,11,14-16H2,1H3,(H,23,27)/t17-/m0/s1. The van der Waals surface area contributed by atoms with Crippen molar-refractivity contribution in [1.82, 2.24) is 15.1 Å². The summed E-state index contributed by atoms with van der Waals surface area (Å²) in [5.41, 5.74) is 5.16. The van der Waals surface area contributed by atoms with Crippen LogP contribution in [0, 0.1) is 0 Å². The molecular weight excluding hydrogens is 336 g/mol. The molecule has 0 aliphatic carbocycles. The lowest BCUT2D eigenvalue weighted by molar-refractivity contribution is -0.124. The van der Waals surface area contributed by atoms with Gasteiger partial charge in [-0.05, 0) is 42.2 Å². The maximum Gasteiger partial charge on any atom is 0.244 e. The molecule has 5 heteroatoms. The van der Waals surface area contributed by atoms with E-state index in [1.165, 1.54) is 16.8 Å². The lowest BCUT2D eigenvalue weighted by atomic mass is 10.1. The van der Waals surface area contributed by atoms with E-state index in [2.05, 4.69) is 63.8 Å². The number of amides is 1. The zero-order valence-corrected chi connectivity index (χ0v) is 15.5. The molecule has 0 fully saturated rings. The first-order chi connectivity index (χ1) is 13.2. The number of hydrogen-bond donors (Lipinski definition) is 1. The molecule has 0 bridgehead atoms. The van der Waals surface area contributed by atoms with Gasteiger partial charge in [0.2, 0.25) is 5.91 Å². The fourth-order valence-electron chi connectivity index (χ4n) is 3.52. The van der Waals surface area contributed by atoms with E-state index in [1.54, 1.807) is 17.1 Å². The lowest BCUT2D eigenvalue weighted by Crippen LogP contribution is -2.30. The largest absolute Gasteiger partial charge is 0.367 e. The Bertz CT molecular complexity index is 902. The summed E-state index contributed by atoms with van der Waals surface area (Å²) < 4.78 is 1.66. The first-order valence-corrected chi connectivity index (χ1v) is 9.38. The van der Waals surface area contributed by atoms with Gasteiger partial charge in [-0.2, -0.15) is 5.10 Å². The predicted molar refractivity (Wildman–Crippen MR) is 106 cm³/mol. The van der Waals surface area contributed by atoms with Gasteiger partial charge in [-0.25, -0.2) is 0 Å². The van der Waals surface area contributed by atoms with Crippen molar-refractivity contribution in [2.24, 2.45) is 0 Å². The second-order valence-electron chi connectivity index (χ2n) is 7.00. The van der Waals surface area contributed by atoms with Crippen molar-refractivity contribution in [2.75, 3.05) is 11.4 Å². The van der Waals surface area contributed by atoms with Crippen LogP contribution in [0.3, 0.4) is 0 Å². The molecule has 138 valence electrons. The molecular formula is C22H24N4O. The first-order valence-electron chi connectivity index (χ1n) is 9.38. The topological polar surface area (TPSA) is 50.2 Å². The second kappa shape index (κ2) is 7.66. The van der Waals surface area contributed by atoms with Crippen LogP contribution in [0.1, 0.15) is 29.7 Å². The van der Waals surface area contributed by atoms with Crippen molar-refractivity contribution in [1.29, 1.82) is 0 Å². The molecule has 27 heavy (non-hydrogen) atoms. The Morgan fingerprint density at radius 2 is 1.89 bits per heavy atom. The van der Waals surface area contributed by atoms with Crippen LogP contribution >= 0.6 is 0 Å². The van der Waals surface area contributed by atoms with Crippen LogP contribution in [-0.4, -0.2) is 22.2 Å². The second-order valence-corrected chi connectivity index (χ2v) is 7.00. The highest BCUT2D eigenvalue weighted by Crippen LogP contribution is 2.28. The van der Waals surface area contributed by atoms with Crippen molar-refractivity contribution in [2.45, 2.75) is 32.5 Å². The molecule has 1 atom stereocenters. The summed E-state index contributed by atoms with van der Waals surface area (Å²) in [5.74, 6) is -0.0311. The third-order valence-electron chi connectivity index (χ3n) is 5.15. The van der Waals surface area contributed by atoms with E-state index in [0.717, 1.165) is 25.1 Å². The smallest absolute Gasteiger partial charge is 0.244 e. The molecule has 0 saturated heterocycles. The van der Waals surface area contributed by atoms with Gasteiger partial charge in [0.25, 0.3) is 0 Å². The zero-order valence-electron chi connectivity index (χ0n) is 15.5. The van der Waals surface area contributed by atoms with Gasteiger partial charge in [-0.3, -0.25) is 9.48 Å². The number of nitrogens with zero attached hydrogens (tertiary/aromatic N) is 3. The Balaban J connectivity index is 1.32. The number of fused-ring (bicyclic) bond motifs is 1. The normalized spacial score (nSPS) is 14.0. The number of aromatic nitrogens is 2. The number of carbonyl (C=O) groups is 1. The molecule has 0 unspecified atom stereocenters. The van der Waals surface area contributed by atoms with Gasteiger partial charge >= 0.3 is 0 Å². The Labute approximate surface area is 159 Å². The quantitative estimate of drug-likeness (QED) is 0.734. The number of carbonyl (C=O) groups excluding carboxylic acids is 1. The highest BCUT2D eigenvalue weighted by atomic mass is 16.2.